The maximum absolute atomic E-state index is 4.15. The van der Waals surface area contributed by atoms with Crippen molar-refractivity contribution in [1.82, 2.24) is 15.5 Å². The van der Waals surface area contributed by atoms with Gasteiger partial charge < -0.3 is 15.5 Å². The van der Waals surface area contributed by atoms with Gasteiger partial charge in [-0.1, -0.05) is 6.92 Å². The van der Waals surface area contributed by atoms with Gasteiger partial charge in [0, 0.05) is 32.4 Å². The van der Waals surface area contributed by atoms with Crippen molar-refractivity contribution in [2.75, 3.05) is 52.3 Å². The van der Waals surface area contributed by atoms with Crippen molar-refractivity contribution in [3.05, 3.63) is 0 Å². The van der Waals surface area contributed by atoms with E-state index in [2.05, 4.69) is 40.8 Å². The van der Waals surface area contributed by atoms with E-state index in [-0.39, 0.29) is 0 Å². The van der Waals surface area contributed by atoms with Crippen molar-refractivity contribution in [3.63, 3.8) is 0 Å². The Balaban J connectivity index is 3.54. The molecule has 0 saturated carbocycles. The van der Waals surface area contributed by atoms with Gasteiger partial charge in [0.25, 0.3) is 0 Å². The Morgan fingerprint density at radius 2 is 2.00 bits per heavy atom. The molecule has 4 nitrogen and oxygen atoms in total. The van der Waals surface area contributed by atoms with Gasteiger partial charge in [0.2, 0.25) is 0 Å². The molecular weight excluding hydrogens is 208 g/mol. The van der Waals surface area contributed by atoms with E-state index in [1.54, 1.807) is 7.05 Å². The van der Waals surface area contributed by atoms with E-state index in [0.717, 1.165) is 37.9 Å². The third-order valence-corrected chi connectivity index (χ3v) is 2.76. The van der Waals surface area contributed by atoms with Crippen molar-refractivity contribution in [3.8, 4) is 0 Å². The lowest BCUT2D eigenvalue weighted by molar-refractivity contribution is 0.357. The summed E-state index contributed by atoms with van der Waals surface area (Å²) in [6, 6.07) is 0. The number of rotatable bonds is 7. The van der Waals surface area contributed by atoms with Crippen molar-refractivity contribution in [2.24, 2.45) is 4.99 Å². The molecule has 0 heterocycles. The lowest BCUT2D eigenvalue weighted by atomic mass is 10.5. The zero-order chi connectivity index (χ0) is 11.5. The minimum absolute atomic E-state index is 0.897. The van der Waals surface area contributed by atoms with E-state index < -0.39 is 0 Å². The zero-order valence-corrected chi connectivity index (χ0v) is 11.2. The molecule has 5 heteroatoms. The quantitative estimate of drug-likeness (QED) is 0.380. The minimum Gasteiger partial charge on any atom is -0.356 e. The number of thioether (sulfide) groups is 1. The summed E-state index contributed by atoms with van der Waals surface area (Å²) in [6.07, 6.45) is 2.11. The summed E-state index contributed by atoms with van der Waals surface area (Å²) in [7, 11) is 3.92. The average Bonchev–Trinajstić information content (AvgIpc) is 2.26. The number of nitrogens with zero attached hydrogens (tertiary/aromatic N) is 2. The molecule has 0 aromatic heterocycles. The second-order valence-electron chi connectivity index (χ2n) is 3.31. The van der Waals surface area contributed by atoms with E-state index in [4.69, 9.17) is 0 Å². The Labute approximate surface area is 97.9 Å². The second kappa shape index (κ2) is 10.1. The molecule has 0 saturated heterocycles. The lowest BCUT2D eigenvalue weighted by Crippen LogP contribution is -2.41. The molecule has 0 spiro atoms. The zero-order valence-electron chi connectivity index (χ0n) is 10.3. The molecule has 0 radical (unpaired) electrons. The van der Waals surface area contributed by atoms with Gasteiger partial charge in [-0.3, -0.25) is 4.99 Å². The monoisotopic (exact) mass is 232 g/mol. The van der Waals surface area contributed by atoms with Gasteiger partial charge in [0.1, 0.15) is 0 Å². The highest BCUT2D eigenvalue weighted by molar-refractivity contribution is 7.98. The van der Waals surface area contributed by atoms with E-state index >= 15 is 0 Å². The summed E-state index contributed by atoms with van der Waals surface area (Å²) in [6.45, 7) is 6.18. The van der Waals surface area contributed by atoms with Crippen molar-refractivity contribution >= 4 is 17.7 Å². The van der Waals surface area contributed by atoms with Crippen LogP contribution in [0.1, 0.15) is 6.92 Å². The van der Waals surface area contributed by atoms with Gasteiger partial charge in [-0.05, 0) is 19.8 Å². The van der Waals surface area contributed by atoms with Gasteiger partial charge >= 0.3 is 0 Å². The first-order chi connectivity index (χ1) is 7.24. The largest absolute Gasteiger partial charge is 0.356 e. The standard InChI is InChI=1S/C10H24N4S/c1-5-14(3)8-6-12-10(11-2)13-7-9-15-4/h5-9H2,1-4H3,(H2,11,12,13). The van der Waals surface area contributed by atoms with Crippen LogP contribution in [0.4, 0.5) is 0 Å². The predicted octanol–water partition coefficient (Wildman–Crippen LogP) is 0.466. The van der Waals surface area contributed by atoms with Crippen LogP contribution in [0.15, 0.2) is 4.99 Å². The third-order valence-electron chi connectivity index (χ3n) is 2.15. The van der Waals surface area contributed by atoms with Crippen LogP contribution in [-0.4, -0.2) is 63.1 Å². The summed E-state index contributed by atoms with van der Waals surface area (Å²) in [5, 5.41) is 6.54. The molecule has 0 aliphatic rings. The van der Waals surface area contributed by atoms with Gasteiger partial charge in [0.05, 0.1) is 0 Å². The fraction of sp³-hybridized carbons (Fsp3) is 0.900. The molecule has 15 heavy (non-hydrogen) atoms. The number of aliphatic imine (C=N–C) groups is 1. The van der Waals surface area contributed by atoms with E-state index in [1.165, 1.54) is 0 Å². The highest BCUT2D eigenvalue weighted by atomic mass is 32.2. The SMILES string of the molecule is CCN(C)CCNC(=NC)NCCSC. The van der Waals surface area contributed by atoms with Gasteiger partial charge in [-0.2, -0.15) is 11.8 Å². The molecule has 2 N–H and O–H groups in total. The molecule has 0 fully saturated rings. The number of likely N-dealkylation sites (N-methyl/N-ethyl adjacent to an activating group) is 1. The smallest absolute Gasteiger partial charge is 0.191 e. The van der Waals surface area contributed by atoms with Gasteiger partial charge in [-0.25, -0.2) is 0 Å². The summed E-state index contributed by atoms with van der Waals surface area (Å²) in [5.74, 6) is 2.00. The number of hydrogen-bond acceptors (Lipinski definition) is 3. The Morgan fingerprint density at radius 1 is 1.33 bits per heavy atom. The number of guanidine groups is 1. The van der Waals surface area contributed by atoms with E-state index in [0.29, 0.717) is 0 Å². The normalized spacial score (nSPS) is 11.9. The summed E-state index contributed by atoms with van der Waals surface area (Å²) in [5.41, 5.74) is 0. The summed E-state index contributed by atoms with van der Waals surface area (Å²) >= 11 is 1.83. The van der Waals surface area contributed by atoms with Crippen LogP contribution in [0, 0.1) is 0 Å². The maximum Gasteiger partial charge on any atom is 0.191 e. The van der Waals surface area contributed by atoms with E-state index in [1.807, 2.05) is 11.8 Å². The van der Waals surface area contributed by atoms with Crippen LogP contribution >= 0.6 is 11.8 Å². The molecule has 90 valence electrons. The topological polar surface area (TPSA) is 39.7 Å². The fourth-order valence-corrected chi connectivity index (χ4v) is 1.32. The number of nitrogens with one attached hydrogen (secondary N) is 2. The van der Waals surface area contributed by atoms with E-state index in [9.17, 15) is 0 Å². The maximum atomic E-state index is 4.15. The van der Waals surface area contributed by atoms with Crippen molar-refractivity contribution in [1.29, 1.82) is 0 Å². The highest BCUT2D eigenvalue weighted by Gasteiger charge is 1.97. The van der Waals surface area contributed by atoms with Crippen molar-refractivity contribution < 1.29 is 0 Å². The molecular formula is C10H24N4S. The fourth-order valence-electron chi connectivity index (χ4n) is 1.02. The molecule has 0 rings (SSSR count). The van der Waals surface area contributed by atoms with Crippen LogP contribution in [0.5, 0.6) is 0 Å². The molecule has 0 aliphatic carbocycles. The van der Waals surface area contributed by atoms with Gasteiger partial charge in [0.15, 0.2) is 5.96 Å². The summed E-state index contributed by atoms with van der Waals surface area (Å²) < 4.78 is 0. The summed E-state index contributed by atoms with van der Waals surface area (Å²) in [4.78, 5) is 6.42. The Kier molecular flexibility index (Phi) is 9.83. The highest BCUT2D eigenvalue weighted by Crippen LogP contribution is 1.86. The Morgan fingerprint density at radius 3 is 2.53 bits per heavy atom. The first-order valence-electron chi connectivity index (χ1n) is 5.36. The number of hydrogen-bond donors (Lipinski definition) is 2. The van der Waals surface area contributed by atoms with Crippen LogP contribution in [0.3, 0.4) is 0 Å². The first kappa shape index (κ1) is 14.6. The van der Waals surface area contributed by atoms with Crippen LogP contribution in [-0.2, 0) is 0 Å². The molecule has 0 unspecified atom stereocenters. The second-order valence-corrected chi connectivity index (χ2v) is 4.30. The molecule has 0 aliphatic heterocycles. The molecule has 0 amide bonds. The van der Waals surface area contributed by atoms with Gasteiger partial charge in [-0.15, -0.1) is 0 Å². The molecule has 0 aromatic rings. The minimum atomic E-state index is 0.897. The van der Waals surface area contributed by atoms with Crippen LogP contribution in [0.25, 0.3) is 0 Å². The molecule has 0 atom stereocenters. The third kappa shape index (κ3) is 8.57. The average molecular weight is 232 g/mol. The molecule has 0 aromatic carbocycles. The van der Waals surface area contributed by atoms with Crippen LogP contribution in [0.2, 0.25) is 0 Å². The lowest BCUT2D eigenvalue weighted by Gasteiger charge is -2.16. The van der Waals surface area contributed by atoms with Crippen LogP contribution < -0.4 is 10.6 Å². The Bertz CT molecular complexity index is 173. The Hall–Kier alpha value is -0.420. The first-order valence-corrected chi connectivity index (χ1v) is 6.76. The molecule has 0 bridgehead atoms. The predicted molar refractivity (Wildman–Crippen MR) is 70.9 cm³/mol. The van der Waals surface area contributed by atoms with Crippen molar-refractivity contribution in [2.45, 2.75) is 6.92 Å².